The van der Waals surface area contributed by atoms with E-state index in [4.69, 9.17) is 16.3 Å². The van der Waals surface area contributed by atoms with E-state index < -0.39 is 6.04 Å². The maximum Gasteiger partial charge on any atom is 0.329 e. The van der Waals surface area contributed by atoms with E-state index in [0.717, 1.165) is 36.6 Å². The summed E-state index contributed by atoms with van der Waals surface area (Å²) >= 11 is 6.16. The monoisotopic (exact) mass is 388 g/mol. The summed E-state index contributed by atoms with van der Waals surface area (Å²) in [4.78, 5) is 30.2. The van der Waals surface area contributed by atoms with Crippen molar-refractivity contribution < 1.29 is 14.3 Å². The molecule has 2 atom stereocenters. The first-order valence-electron chi connectivity index (χ1n) is 9.85. The van der Waals surface area contributed by atoms with E-state index in [9.17, 15) is 9.59 Å². The van der Waals surface area contributed by atoms with Gasteiger partial charge in [-0.3, -0.25) is 4.79 Å². The van der Waals surface area contributed by atoms with Crippen molar-refractivity contribution in [3.63, 3.8) is 0 Å². The minimum Gasteiger partial charge on any atom is -0.460 e. The fourth-order valence-corrected chi connectivity index (χ4v) is 4.54. The number of aryl methyl sites for hydroxylation is 1. The van der Waals surface area contributed by atoms with Crippen LogP contribution in [0.1, 0.15) is 50.3 Å². The number of hydrogen-bond donors (Lipinski definition) is 1. The number of benzene rings is 1. The van der Waals surface area contributed by atoms with Crippen LogP contribution in [0.2, 0.25) is 5.02 Å². The number of aromatic amines is 1. The van der Waals surface area contributed by atoms with Gasteiger partial charge in [0.15, 0.2) is 0 Å². The van der Waals surface area contributed by atoms with E-state index in [2.05, 4.69) is 4.98 Å². The summed E-state index contributed by atoms with van der Waals surface area (Å²) < 4.78 is 5.86. The molecule has 0 bridgehead atoms. The van der Waals surface area contributed by atoms with Crippen LogP contribution >= 0.6 is 11.6 Å². The van der Waals surface area contributed by atoms with Crippen LogP contribution in [0.15, 0.2) is 18.2 Å². The van der Waals surface area contributed by atoms with Crippen molar-refractivity contribution in [1.29, 1.82) is 0 Å². The molecule has 1 aromatic carbocycles. The number of likely N-dealkylation sites (tertiary alicyclic amines) is 1. The van der Waals surface area contributed by atoms with Gasteiger partial charge < -0.3 is 14.6 Å². The van der Waals surface area contributed by atoms with Crippen LogP contribution < -0.4 is 0 Å². The predicted octanol–water partition coefficient (Wildman–Crippen LogP) is 4.01. The lowest BCUT2D eigenvalue weighted by Gasteiger charge is -2.27. The first kappa shape index (κ1) is 18.4. The lowest BCUT2D eigenvalue weighted by Crippen LogP contribution is -2.43. The van der Waals surface area contributed by atoms with Gasteiger partial charge >= 0.3 is 5.97 Å². The molecule has 2 aromatic rings. The smallest absolute Gasteiger partial charge is 0.329 e. The molecule has 1 amide bonds. The first-order chi connectivity index (χ1) is 13.1. The molecule has 4 rings (SSSR count). The Morgan fingerprint density at radius 3 is 3.00 bits per heavy atom. The summed E-state index contributed by atoms with van der Waals surface area (Å²) in [5.41, 5.74) is 3.48. The molecule has 0 radical (unpaired) electrons. The summed E-state index contributed by atoms with van der Waals surface area (Å²) in [6.07, 6.45) is 5.05. The van der Waals surface area contributed by atoms with Gasteiger partial charge in [0, 0.05) is 41.0 Å². The highest BCUT2D eigenvalue weighted by molar-refractivity contribution is 6.31. The van der Waals surface area contributed by atoms with Gasteiger partial charge in [-0.1, -0.05) is 18.5 Å². The molecule has 5 nitrogen and oxygen atoms in total. The first-order valence-corrected chi connectivity index (χ1v) is 10.2. The molecule has 0 unspecified atom stereocenters. The highest BCUT2D eigenvalue weighted by atomic mass is 35.5. The lowest BCUT2D eigenvalue weighted by atomic mass is 9.93. The Balaban J connectivity index is 1.46. The minimum atomic E-state index is -0.414. The second-order valence-electron chi connectivity index (χ2n) is 7.57. The Morgan fingerprint density at radius 1 is 1.33 bits per heavy atom. The standard InChI is InChI=1S/C21H25ClN2O3/c1-2-4-20(25)24-10-3-5-19(24)21(26)27-14-7-9-18-16(12-14)15-11-13(22)6-8-17(15)23-18/h6,8,11,14,19,23H,2-5,7,9-10,12H2,1H3/t14-,19-/m1/s1. The van der Waals surface area contributed by atoms with Crippen molar-refractivity contribution in [3.05, 3.63) is 34.5 Å². The Labute approximate surface area is 164 Å². The topological polar surface area (TPSA) is 62.4 Å². The van der Waals surface area contributed by atoms with Crippen molar-refractivity contribution in [2.24, 2.45) is 0 Å². The fraction of sp³-hybridized carbons (Fsp3) is 0.524. The minimum absolute atomic E-state index is 0.0640. The van der Waals surface area contributed by atoms with E-state index in [1.807, 2.05) is 25.1 Å². The number of aromatic nitrogens is 1. The number of hydrogen-bond acceptors (Lipinski definition) is 3. The quantitative estimate of drug-likeness (QED) is 0.805. The molecule has 1 aliphatic heterocycles. The third kappa shape index (κ3) is 3.57. The number of esters is 1. The average molecular weight is 389 g/mol. The molecule has 1 saturated heterocycles. The molecule has 0 spiro atoms. The fourth-order valence-electron chi connectivity index (χ4n) is 4.37. The zero-order chi connectivity index (χ0) is 19.0. The van der Waals surface area contributed by atoms with Gasteiger partial charge in [0.1, 0.15) is 12.1 Å². The molecule has 6 heteroatoms. The largest absolute Gasteiger partial charge is 0.460 e. The number of nitrogens with one attached hydrogen (secondary N) is 1. The number of ether oxygens (including phenoxy) is 1. The van der Waals surface area contributed by atoms with Crippen molar-refractivity contribution in [2.75, 3.05) is 6.54 Å². The Bertz CT molecular complexity index is 876. The molecule has 1 aromatic heterocycles. The van der Waals surface area contributed by atoms with Gasteiger partial charge in [-0.15, -0.1) is 0 Å². The van der Waals surface area contributed by atoms with Gasteiger partial charge in [0.25, 0.3) is 0 Å². The predicted molar refractivity (Wildman–Crippen MR) is 105 cm³/mol. The number of rotatable bonds is 4. The molecule has 144 valence electrons. The van der Waals surface area contributed by atoms with E-state index in [1.54, 1.807) is 4.90 Å². The molecule has 0 saturated carbocycles. The molecular formula is C21H25ClN2O3. The molecule has 1 N–H and O–H groups in total. The summed E-state index contributed by atoms with van der Waals surface area (Å²) in [6, 6.07) is 5.43. The number of nitrogens with zero attached hydrogens (tertiary/aromatic N) is 1. The molecular weight excluding hydrogens is 364 g/mol. The van der Waals surface area contributed by atoms with Crippen molar-refractivity contribution >= 4 is 34.4 Å². The zero-order valence-electron chi connectivity index (χ0n) is 15.6. The van der Waals surface area contributed by atoms with Crippen LogP contribution in [0.4, 0.5) is 0 Å². The van der Waals surface area contributed by atoms with Crippen LogP contribution in [-0.4, -0.2) is 40.5 Å². The normalized spacial score (nSPS) is 22.1. The highest BCUT2D eigenvalue weighted by Gasteiger charge is 2.36. The van der Waals surface area contributed by atoms with Gasteiger partial charge in [-0.2, -0.15) is 0 Å². The zero-order valence-corrected chi connectivity index (χ0v) is 16.3. The third-order valence-corrected chi connectivity index (χ3v) is 5.93. The highest BCUT2D eigenvalue weighted by Crippen LogP contribution is 2.32. The number of fused-ring (bicyclic) bond motifs is 3. The van der Waals surface area contributed by atoms with Crippen LogP contribution in [0.3, 0.4) is 0 Å². The second kappa shape index (κ2) is 7.55. The van der Waals surface area contributed by atoms with Crippen molar-refractivity contribution in [3.8, 4) is 0 Å². The summed E-state index contributed by atoms with van der Waals surface area (Å²) in [5.74, 6) is -0.183. The van der Waals surface area contributed by atoms with Crippen LogP contribution in [0.25, 0.3) is 10.9 Å². The molecule has 2 heterocycles. The summed E-state index contributed by atoms with van der Waals surface area (Å²) in [7, 11) is 0. The molecule has 2 aliphatic rings. The second-order valence-corrected chi connectivity index (χ2v) is 8.01. The van der Waals surface area contributed by atoms with Gasteiger partial charge in [-0.25, -0.2) is 4.79 Å². The maximum absolute atomic E-state index is 12.8. The van der Waals surface area contributed by atoms with Crippen molar-refractivity contribution in [1.82, 2.24) is 9.88 Å². The van der Waals surface area contributed by atoms with E-state index in [1.165, 1.54) is 11.3 Å². The number of carbonyl (C=O) groups is 2. The summed E-state index contributed by atoms with van der Waals surface area (Å²) in [5, 5.41) is 1.82. The van der Waals surface area contributed by atoms with Crippen LogP contribution in [0, 0.1) is 0 Å². The van der Waals surface area contributed by atoms with E-state index in [-0.39, 0.29) is 18.0 Å². The number of halogens is 1. The van der Waals surface area contributed by atoms with E-state index in [0.29, 0.717) is 30.8 Å². The maximum atomic E-state index is 12.8. The lowest BCUT2D eigenvalue weighted by molar-refractivity contribution is -0.158. The average Bonchev–Trinajstić information content (AvgIpc) is 3.26. The Kier molecular flexibility index (Phi) is 5.13. The number of carbonyl (C=O) groups excluding carboxylic acids is 2. The number of amides is 1. The molecule has 1 aliphatic carbocycles. The Hall–Kier alpha value is -2.01. The Morgan fingerprint density at radius 2 is 2.19 bits per heavy atom. The third-order valence-electron chi connectivity index (χ3n) is 5.70. The molecule has 27 heavy (non-hydrogen) atoms. The van der Waals surface area contributed by atoms with Crippen LogP contribution in [0.5, 0.6) is 0 Å². The molecule has 1 fully saturated rings. The van der Waals surface area contributed by atoms with Gasteiger partial charge in [-0.05, 0) is 55.9 Å². The van der Waals surface area contributed by atoms with Gasteiger partial charge in [0.05, 0.1) is 0 Å². The van der Waals surface area contributed by atoms with Gasteiger partial charge in [0.2, 0.25) is 5.91 Å². The van der Waals surface area contributed by atoms with E-state index >= 15 is 0 Å². The van der Waals surface area contributed by atoms with Crippen molar-refractivity contribution in [2.45, 2.75) is 64.0 Å². The summed E-state index contributed by atoms with van der Waals surface area (Å²) in [6.45, 7) is 2.64. The number of H-pyrrole nitrogens is 1. The van der Waals surface area contributed by atoms with Crippen LogP contribution in [-0.2, 0) is 27.2 Å². The SMILES string of the molecule is CCCC(=O)N1CCC[C@@H]1C(=O)O[C@@H]1CCc2[nH]c3ccc(Cl)cc3c2C1.